The summed E-state index contributed by atoms with van der Waals surface area (Å²) in [7, 11) is 0. The largest absolute Gasteiger partial charge is 0.450 e. The number of hydrogen-bond acceptors (Lipinski definition) is 2. The Morgan fingerprint density at radius 2 is 1.60 bits per heavy atom. The number of carbonyl (C=O) groups excluding carboxylic acids is 1. The highest BCUT2D eigenvalue weighted by atomic mass is 16.6. The zero-order chi connectivity index (χ0) is 12.3. The van der Waals surface area contributed by atoms with Gasteiger partial charge < -0.3 is 9.64 Å². The van der Waals surface area contributed by atoms with E-state index in [4.69, 9.17) is 4.74 Å². The molecule has 1 amide bonds. The molecule has 0 aromatic rings. The minimum absolute atomic E-state index is 0.0236. The second-order valence-corrected chi connectivity index (χ2v) is 5.25. The Bertz CT molecular complexity index is 216. The van der Waals surface area contributed by atoms with E-state index in [0.717, 1.165) is 0 Å². The summed E-state index contributed by atoms with van der Waals surface area (Å²) in [5.74, 6) is 0. The maximum Gasteiger partial charge on any atom is 0.410 e. The van der Waals surface area contributed by atoms with Gasteiger partial charge in [0, 0.05) is 12.1 Å². The van der Waals surface area contributed by atoms with Crippen LogP contribution in [0, 0.1) is 5.41 Å². The van der Waals surface area contributed by atoms with Crippen molar-refractivity contribution in [2.24, 2.45) is 5.41 Å². The third kappa shape index (κ3) is 3.11. The Kier molecular flexibility index (Phi) is 4.63. The van der Waals surface area contributed by atoms with Crippen LogP contribution in [-0.4, -0.2) is 29.7 Å². The average molecular weight is 215 g/mol. The summed E-state index contributed by atoms with van der Waals surface area (Å²) in [5, 5.41) is 0. The Hall–Kier alpha value is -0.730. The van der Waals surface area contributed by atoms with E-state index < -0.39 is 0 Å². The van der Waals surface area contributed by atoms with Crippen molar-refractivity contribution in [1.29, 1.82) is 0 Å². The maximum absolute atomic E-state index is 11.8. The molecule has 0 bridgehead atoms. The zero-order valence-corrected chi connectivity index (χ0v) is 11.2. The van der Waals surface area contributed by atoms with Crippen LogP contribution in [0.2, 0.25) is 0 Å². The Balaban J connectivity index is 4.88. The van der Waals surface area contributed by atoms with Crippen molar-refractivity contribution < 1.29 is 9.53 Å². The van der Waals surface area contributed by atoms with Crippen LogP contribution in [0.5, 0.6) is 0 Å². The monoisotopic (exact) mass is 215 g/mol. The summed E-state index contributed by atoms with van der Waals surface area (Å²) in [6.45, 7) is 15.5. The van der Waals surface area contributed by atoms with Gasteiger partial charge in [-0.3, -0.25) is 0 Å². The van der Waals surface area contributed by atoms with Crippen LogP contribution in [0.4, 0.5) is 4.79 Å². The highest BCUT2D eigenvalue weighted by molar-refractivity contribution is 5.68. The van der Waals surface area contributed by atoms with Crippen LogP contribution >= 0.6 is 0 Å². The maximum atomic E-state index is 11.8. The van der Waals surface area contributed by atoms with E-state index in [1.54, 1.807) is 4.90 Å². The van der Waals surface area contributed by atoms with Gasteiger partial charge in [0.05, 0.1) is 6.61 Å². The van der Waals surface area contributed by atoms with Crippen LogP contribution < -0.4 is 0 Å². The molecular formula is C12H25NO2. The van der Waals surface area contributed by atoms with Crippen LogP contribution in [-0.2, 0) is 4.74 Å². The molecule has 0 rings (SSSR count). The van der Waals surface area contributed by atoms with Gasteiger partial charge >= 0.3 is 6.09 Å². The van der Waals surface area contributed by atoms with E-state index in [2.05, 4.69) is 34.6 Å². The molecule has 0 unspecified atom stereocenters. The summed E-state index contributed by atoms with van der Waals surface area (Å²) < 4.78 is 5.06. The van der Waals surface area contributed by atoms with Crippen molar-refractivity contribution >= 4 is 6.09 Å². The van der Waals surface area contributed by atoms with E-state index >= 15 is 0 Å². The summed E-state index contributed by atoms with van der Waals surface area (Å²) in [6.07, 6.45) is -0.222. The lowest BCUT2D eigenvalue weighted by molar-refractivity contribution is 0.0163. The first-order chi connectivity index (χ1) is 6.68. The molecule has 0 radical (unpaired) electrons. The number of hydrogen-bond donors (Lipinski definition) is 0. The summed E-state index contributed by atoms with van der Waals surface area (Å²) in [4.78, 5) is 13.6. The molecule has 0 saturated carbocycles. The number of carbonyl (C=O) groups is 1. The van der Waals surface area contributed by atoms with Gasteiger partial charge in [0.15, 0.2) is 0 Å². The molecule has 0 atom stereocenters. The zero-order valence-electron chi connectivity index (χ0n) is 11.2. The molecule has 0 N–H and O–H groups in total. The normalized spacial score (nSPS) is 12.5. The number of nitrogens with zero attached hydrogens (tertiary/aromatic N) is 1. The molecule has 3 nitrogen and oxygen atoms in total. The summed E-state index contributed by atoms with van der Waals surface area (Å²) >= 11 is 0. The third-order valence-corrected chi connectivity index (χ3v) is 3.31. The van der Waals surface area contributed by atoms with Gasteiger partial charge in [0.25, 0.3) is 0 Å². The summed E-state index contributed by atoms with van der Waals surface area (Å²) in [5.41, 5.74) is -0.191. The van der Waals surface area contributed by atoms with E-state index in [1.165, 1.54) is 0 Å². The molecule has 0 fully saturated rings. The SMILES string of the molecule is CCOC(=O)N(CC)C(C)(C)C(C)(C)C. The van der Waals surface area contributed by atoms with Crippen molar-refractivity contribution in [3.8, 4) is 0 Å². The molecule has 0 aliphatic heterocycles. The van der Waals surface area contributed by atoms with Crippen molar-refractivity contribution in [3.63, 3.8) is 0 Å². The Morgan fingerprint density at radius 1 is 1.13 bits per heavy atom. The smallest absolute Gasteiger partial charge is 0.410 e. The van der Waals surface area contributed by atoms with Crippen molar-refractivity contribution in [2.45, 2.75) is 54.0 Å². The van der Waals surface area contributed by atoms with Crippen molar-refractivity contribution in [3.05, 3.63) is 0 Å². The van der Waals surface area contributed by atoms with Gasteiger partial charge in [-0.05, 0) is 33.1 Å². The van der Waals surface area contributed by atoms with Crippen molar-refractivity contribution in [2.75, 3.05) is 13.2 Å². The van der Waals surface area contributed by atoms with Crippen LogP contribution in [0.25, 0.3) is 0 Å². The molecular weight excluding hydrogens is 190 g/mol. The molecule has 0 aliphatic carbocycles. The predicted octanol–water partition coefficient (Wildman–Crippen LogP) is 3.29. The second kappa shape index (κ2) is 4.86. The lowest BCUT2D eigenvalue weighted by Crippen LogP contribution is -2.55. The first-order valence-electron chi connectivity index (χ1n) is 5.62. The molecule has 0 heterocycles. The molecule has 0 spiro atoms. The van der Waals surface area contributed by atoms with Gasteiger partial charge in [-0.15, -0.1) is 0 Å². The van der Waals surface area contributed by atoms with Gasteiger partial charge in [-0.1, -0.05) is 20.8 Å². The topological polar surface area (TPSA) is 29.5 Å². The van der Waals surface area contributed by atoms with E-state index in [-0.39, 0.29) is 17.0 Å². The minimum atomic E-state index is -0.222. The fourth-order valence-electron chi connectivity index (χ4n) is 1.36. The van der Waals surface area contributed by atoms with Crippen molar-refractivity contribution in [1.82, 2.24) is 4.90 Å². The van der Waals surface area contributed by atoms with Crippen LogP contribution in [0.1, 0.15) is 48.5 Å². The standard InChI is InChI=1S/C12H25NO2/c1-8-13(10(14)15-9-2)12(6,7)11(3,4)5/h8-9H2,1-7H3. The average Bonchev–Trinajstić information content (AvgIpc) is 2.03. The molecule has 0 saturated heterocycles. The Labute approximate surface area is 93.8 Å². The van der Waals surface area contributed by atoms with Gasteiger partial charge in [0.2, 0.25) is 0 Å². The molecule has 0 aromatic heterocycles. The lowest BCUT2D eigenvalue weighted by atomic mass is 9.75. The second-order valence-electron chi connectivity index (χ2n) is 5.25. The predicted molar refractivity (Wildman–Crippen MR) is 62.9 cm³/mol. The Morgan fingerprint density at radius 3 is 1.87 bits per heavy atom. The van der Waals surface area contributed by atoms with Gasteiger partial charge in [-0.25, -0.2) is 4.79 Å². The molecule has 0 aliphatic rings. The molecule has 0 aromatic carbocycles. The first kappa shape index (κ1) is 14.3. The third-order valence-electron chi connectivity index (χ3n) is 3.31. The number of ether oxygens (including phenoxy) is 1. The number of rotatable bonds is 3. The van der Waals surface area contributed by atoms with Crippen LogP contribution in [0.15, 0.2) is 0 Å². The number of amides is 1. The fourth-order valence-corrected chi connectivity index (χ4v) is 1.36. The quantitative estimate of drug-likeness (QED) is 0.723. The molecule has 15 heavy (non-hydrogen) atoms. The highest BCUT2D eigenvalue weighted by Crippen LogP contribution is 2.35. The fraction of sp³-hybridized carbons (Fsp3) is 0.917. The van der Waals surface area contributed by atoms with E-state index in [1.807, 2.05) is 13.8 Å². The lowest BCUT2D eigenvalue weighted by Gasteiger charge is -2.46. The summed E-state index contributed by atoms with van der Waals surface area (Å²) in [6, 6.07) is 0. The molecule has 90 valence electrons. The molecule has 3 heteroatoms. The minimum Gasteiger partial charge on any atom is -0.450 e. The van der Waals surface area contributed by atoms with Crippen LogP contribution in [0.3, 0.4) is 0 Å². The first-order valence-corrected chi connectivity index (χ1v) is 5.62. The van der Waals surface area contributed by atoms with Gasteiger partial charge in [0.1, 0.15) is 0 Å². The highest BCUT2D eigenvalue weighted by Gasteiger charge is 2.40. The van der Waals surface area contributed by atoms with Gasteiger partial charge in [-0.2, -0.15) is 0 Å². The van der Waals surface area contributed by atoms with E-state index in [0.29, 0.717) is 13.2 Å². The van der Waals surface area contributed by atoms with E-state index in [9.17, 15) is 4.79 Å².